The van der Waals surface area contributed by atoms with Crippen LogP contribution in [0.1, 0.15) is 55.7 Å². The lowest BCUT2D eigenvalue weighted by atomic mass is 9.87. The van der Waals surface area contributed by atoms with Gasteiger partial charge in [0.1, 0.15) is 23.9 Å². The Hall–Kier alpha value is -3.24. The molecule has 0 amide bonds. The second-order valence-electron chi connectivity index (χ2n) is 8.98. The van der Waals surface area contributed by atoms with Crippen LogP contribution in [0.4, 0.5) is 0 Å². The molecule has 1 aliphatic rings. The number of nitrogens with zero attached hydrogens (tertiary/aromatic N) is 1. The van der Waals surface area contributed by atoms with Crippen LogP contribution in [-0.4, -0.2) is 41.4 Å². The van der Waals surface area contributed by atoms with E-state index < -0.39 is 0 Å². The van der Waals surface area contributed by atoms with Crippen LogP contribution in [0.3, 0.4) is 0 Å². The lowest BCUT2D eigenvalue weighted by Crippen LogP contribution is -2.25. The average Bonchev–Trinajstić information content (AvgIpc) is 3.37. The third-order valence-corrected chi connectivity index (χ3v) is 6.45. The van der Waals surface area contributed by atoms with Crippen molar-refractivity contribution in [3.8, 4) is 17.2 Å². The average molecular weight is 458 g/mol. The summed E-state index contributed by atoms with van der Waals surface area (Å²) in [5, 5.41) is 19.7. The summed E-state index contributed by atoms with van der Waals surface area (Å²) < 4.78 is 6.16. The van der Waals surface area contributed by atoms with Gasteiger partial charge < -0.3 is 14.9 Å². The van der Waals surface area contributed by atoms with Gasteiger partial charge in [0.25, 0.3) is 0 Å². The number of ether oxygens (including phenoxy) is 1. The molecular formula is C30H35NO3. The Labute approximate surface area is 203 Å². The molecule has 0 saturated carbocycles. The smallest absolute Gasteiger partial charge is 0.119 e. The van der Waals surface area contributed by atoms with E-state index in [1.807, 2.05) is 30.3 Å². The number of rotatable bonds is 10. The summed E-state index contributed by atoms with van der Waals surface area (Å²) >= 11 is 0. The molecule has 0 aromatic heterocycles. The van der Waals surface area contributed by atoms with Gasteiger partial charge in [-0.25, -0.2) is 0 Å². The maximum absolute atomic E-state index is 9.87. The first-order valence-corrected chi connectivity index (χ1v) is 12.4. The highest BCUT2D eigenvalue weighted by molar-refractivity contribution is 5.98. The number of hydrogen-bond donors (Lipinski definition) is 2. The van der Waals surface area contributed by atoms with Crippen molar-refractivity contribution in [1.29, 1.82) is 0 Å². The van der Waals surface area contributed by atoms with Gasteiger partial charge in [0.15, 0.2) is 0 Å². The maximum atomic E-state index is 9.87. The summed E-state index contributed by atoms with van der Waals surface area (Å²) in [6.45, 7) is 6.22. The first-order chi connectivity index (χ1) is 16.6. The highest BCUT2D eigenvalue weighted by Gasteiger charge is 2.16. The van der Waals surface area contributed by atoms with Crippen molar-refractivity contribution in [2.75, 3.05) is 26.2 Å². The van der Waals surface area contributed by atoms with Crippen molar-refractivity contribution in [1.82, 2.24) is 4.90 Å². The predicted octanol–water partition coefficient (Wildman–Crippen LogP) is 6.72. The molecule has 4 rings (SSSR count). The highest BCUT2D eigenvalue weighted by Crippen LogP contribution is 2.37. The Bertz CT molecular complexity index is 1030. The summed E-state index contributed by atoms with van der Waals surface area (Å²) in [5.74, 6) is 1.39. The zero-order valence-electron chi connectivity index (χ0n) is 20.0. The molecule has 1 fully saturated rings. The standard InChI is InChI=1S/C30H35NO3/c1-2-3-9-29(25-7-6-8-28(22-25)34-21-20-31-18-4-5-19-31)30(23-10-14-26(32)15-11-23)24-12-16-27(33)17-13-24/h6-8,10-17,22,32-33H,2-5,9,18-21H2,1H3. The van der Waals surface area contributed by atoms with E-state index in [2.05, 4.69) is 30.0 Å². The van der Waals surface area contributed by atoms with Crippen LogP contribution >= 0.6 is 0 Å². The summed E-state index contributed by atoms with van der Waals surface area (Å²) in [7, 11) is 0. The lowest BCUT2D eigenvalue weighted by molar-refractivity contribution is 0.238. The topological polar surface area (TPSA) is 52.9 Å². The van der Waals surface area contributed by atoms with Gasteiger partial charge in [0.2, 0.25) is 0 Å². The molecular weight excluding hydrogens is 422 g/mol. The van der Waals surface area contributed by atoms with Crippen molar-refractivity contribution in [3.05, 3.63) is 89.5 Å². The molecule has 0 aliphatic carbocycles. The number of hydrogen-bond acceptors (Lipinski definition) is 4. The first-order valence-electron chi connectivity index (χ1n) is 12.4. The normalized spacial score (nSPS) is 13.7. The molecule has 0 spiro atoms. The Kier molecular flexibility index (Phi) is 8.26. The van der Waals surface area contributed by atoms with Gasteiger partial charge in [0.05, 0.1) is 0 Å². The number of aromatic hydroxyl groups is 2. The van der Waals surface area contributed by atoms with Crippen LogP contribution in [0.15, 0.2) is 72.8 Å². The van der Waals surface area contributed by atoms with Crippen LogP contribution in [0.25, 0.3) is 11.1 Å². The van der Waals surface area contributed by atoms with Crippen LogP contribution in [0.5, 0.6) is 17.2 Å². The minimum Gasteiger partial charge on any atom is -0.508 e. The summed E-state index contributed by atoms with van der Waals surface area (Å²) in [5.41, 5.74) is 5.57. The Morgan fingerprint density at radius 1 is 0.824 bits per heavy atom. The quantitative estimate of drug-likeness (QED) is 0.332. The van der Waals surface area contributed by atoms with E-state index in [1.165, 1.54) is 31.5 Å². The van der Waals surface area contributed by atoms with E-state index in [4.69, 9.17) is 4.74 Å². The molecule has 1 heterocycles. The zero-order valence-corrected chi connectivity index (χ0v) is 20.0. The van der Waals surface area contributed by atoms with E-state index in [0.29, 0.717) is 6.61 Å². The van der Waals surface area contributed by atoms with E-state index in [-0.39, 0.29) is 11.5 Å². The van der Waals surface area contributed by atoms with E-state index in [0.717, 1.165) is 53.8 Å². The molecule has 178 valence electrons. The molecule has 2 N–H and O–H groups in total. The van der Waals surface area contributed by atoms with Gasteiger partial charge >= 0.3 is 0 Å². The molecule has 34 heavy (non-hydrogen) atoms. The number of phenolic OH excluding ortho intramolecular Hbond substituents is 2. The summed E-state index contributed by atoms with van der Waals surface area (Å²) in [4.78, 5) is 2.46. The first kappa shape index (κ1) is 23.9. The van der Waals surface area contributed by atoms with Crippen molar-refractivity contribution >= 4 is 11.1 Å². The van der Waals surface area contributed by atoms with Gasteiger partial charge in [-0.3, -0.25) is 4.90 Å². The minimum absolute atomic E-state index is 0.248. The molecule has 1 aliphatic heterocycles. The van der Waals surface area contributed by atoms with Crippen molar-refractivity contribution in [2.24, 2.45) is 0 Å². The second-order valence-corrected chi connectivity index (χ2v) is 8.98. The predicted molar refractivity (Wildman–Crippen MR) is 139 cm³/mol. The third-order valence-electron chi connectivity index (χ3n) is 6.45. The van der Waals surface area contributed by atoms with Crippen LogP contribution < -0.4 is 4.74 Å². The van der Waals surface area contributed by atoms with Crippen molar-refractivity contribution in [3.63, 3.8) is 0 Å². The molecule has 4 nitrogen and oxygen atoms in total. The largest absolute Gasteiger partial charge is 0.508 e. The minimum atomic E-state index is 0.248. The van der Waals surface area contributed by atoms with Gasteiger partial charge in [-0.15, -0.1) is 0 Å². The molecule has 3 aromatic rings. The second kappa shape index (κ2) is 11.8. The number of phenols is 2. The molecule has 3 aromatic carbocycles. The van der Waals surface area contributed by atoms with Crippen molar-refractivity contribution in [2.45, 2.75) is 39.0 Å². The molecule has 0 bridgehead atoms. The molecule has 0 radical (unpaired) electrons. The number of allylic oxidation sites excluding steroid dienone is 1. The fourth-order valence-electron chi connectivity index (χ4n) is 4.61. The van der Waals surface area contributed by atoms with E-state index >= 15 is 0 Å². The SMILES string of the molecule is CCCCC(=C(c1ccc(O)cc1)c1ccc(O)cc1)c1cccc(OCCN2CCCC2)c1. The zero-order chi connectivity index (χ0) is 23.8. The van der Waals surface area contributed by atoms with E-state index in [9.17, 15) is 10.2 Å². The Morgan fingerprint density at radius 2 is 1.44 bits per heavy atom. The molecule has 1 saturated heterocycles. The number of unbranched alkanes of at least 4 members (excludes halogenated alkanes) is 1. The van der Waals surface area contributed by atoms with E-state index in [1.54, 1.807) is 24.3 Å². The molecule has 4 heteroatoms. The van der Waals surface area contributed by atoms with Gasteiger partial charge in [-0.1, -0.05) is 49.7 Å². The number of benzene rings is 3. The van der Waals surface area contributed by atoms with Gasteiger partial charge in [-0.05, 0) is 103 Å². The summed E-state index contributed by atoms with van der Waals surface area (Å²) in [6.07, 6.45) is 5.66. The van der Waals surface area contributed by atoms with Gasteiger partial charge in [-0.2, -0.15) is 0 Å². The summed E-state index contributed by atoms with van der Waals surface area (Å²) in [6, 6.07) is 23.1. The lowest BCUT2D eigenvalue weighted by Gasteiger charge is -2.19. The Morgan fingerprint density at radius 3 is 2.03 bits per heavy atom. The fourth-order valence-corrected chi connectivity index (χ4v) is 4.61. The number of likely N-dealkylation sites (tertiary alicyclic amines) is 1. The molecule has 0 unspecified atom stereocenters. The maximum Gasteiger partial charge on any atom is 0.119 e. The molecule has 0 atom stereocenters. The van der Waals surface area contributed by atoms with Crippen LogP contribution in [0.2, 0.25) is 0 Å². The third kappa shape index (κ3) is 6.21. The fraction of sp³-hybridized carbons (Fsp3) is 0.333. The van der Waals surface area contributed by atoms with Gasteiger partial charge in [0, 0.05) is 6.54 Å². The van der Waals surface area contributed by atoms with Crippen LogP contribution in [0, 0.1) is 0 Å². The Balaban J connectivity index is 1.72. The van der Waals surface area contributed by atoms with Crippen LogP contribution in [-0.2, 0) is 0 Å². The monoisotopic (exact) mass is 457 g/mol. The van der Waals surface area contributed by atoms with Crippen molar-refractivity contribution < 1.29 is 14.9 Å². The highest BCUT2D eigenvalue weighted by atomic mass is 16.5.